The van der Waals surface area contributed by atoms with Crippen molar-refractivity contribution in [3.8, 4) is 5.75 Å². The van der Waals surface area contributed by atoms with Crippen LogP contribution in [0.4, 0.5) is 0 Å². The number of hydrogen-bond acceptors (Lipinski definition) is 5. The number of aryl methyl sites for hydroxylation is 2. The number of carbonyl (C=O) groups excluding carboxylic acids is 1. The molecule has 0 unspecified atom stereocenters. The van der Waals surface area contributed by atoms with Crippen molar-refractivity contribution in [1.82, 2.24) is 15.0 Å². The van der Waals surface area contributed by atoms with E-state index >= 15 is 0 Å². The van der Waals surface area contributed by atoms with Gasteiger partial charge in [0.25, 0.3) is 5.91 Å². The van der Waals surface area contributed by atoms with Gasteiger partial charge in [0, 0.05) is 37.7 Å². The molecule has 4 rings (SSSR count). The molecule has 1 fully saturated rings. The Labute approximate surface area is 187 Å². The topological polar surface area (TPSA) is 58.8 Å². The van der Waals surface area contributed by atoms with Crippen molar-refractivity contribution in [2.75, 3.05) is 26.2 Å². The number of hydrogen-bond donors (Lipinski definition) is 0. The Kier molecular flexibility index (Phi) is 6.59. The number of aromatic nitrogens is 1. The van der Waals surface area contributed by atoms with Crippen LogP contribution >= 0.6 is 11.6 Å². The van der Waals surface area contributed by atoms with Crippen LogP contribution in [-0.4, -0.2) is 47.0 Å². The number of piperazine rings is 1. The average Bonchev–Trinajstić information content (AvgIpc) is 3.14. The first kappa shape index (κ1) is 21.4. The van der Waals surface area contributed by atoms with Crippen LogP contribution in [0.5, 0.6) is 5.75 Å². The van der Waals surface area contributed by atoms with Crippen LogP contribution in [0, 0.1) is 13.8 Å². The quantitative estimate of drug-likeness (QED) is 0.566. The highest BCUT2D eigenvalue weighted by atomic mass is 35.5. The lowest BCUT2D eigenvalue weighted by atomic mass is 10.1. The van der Waals surface area contributed by atoms with E-state index in [9.17, 15) is 4.79 Å². The number of amides is 1. The molecule has 6 nitrogen and oxygen atoms in total. The molecule has 1 saturated heterocycles. The summed E-state index contributed by atoms with van der Waals surface area (Å²) in [5.74, 6) is 1.26. The Morgan fingerprint density at radius 3 is 2.55 bits per heavy atom. The summed E-state index contributed by atoms with van der Waals surface area (Å²) in [4.78, 5) is 17.3. The van der Waals surface area contributed by atoms with E-state index in [-0.39, 0.29) is 12.5 Å². The van der Waals surface area contributed by atoms with E-state index in [1.54, 1.807) is 0 Å². The highest BCUT2D eigenvalue weighted by molar-refractivity contribution is 6.30. The minimum Gasteiger partial charge on any atom is -0.489 e. The van der Waals surface area contributed by atoms with Crippen molar-refractivity contribution >= 4 is 17.5 Å². The fourth-order valence-corrected chi connectivity index (χ4v) is 3.82. The predicted octanol–water partition coefficient (Wildman–Crippen LogP) is 4.48. The first-order chi connectivity index (χ1) is 15.0. The Hall–Kier alpha value is -2.83. The summed E-state index contributed by atoms with van der Waals surface area (Å²) in [7, 11) is 0. The SMILES string of the molecule is Cc1cccc(OCc2c(C(=O)N3CCN(Cc4ccc(Cl)cc4)CC3)noc2C)c1. The fourth-order valence-electron chi connectivity index (χ4n) is 3.70. The molecule has 0 saturated carbocycles. The third-order valence-corrected chi connectivity index (χ3v) is 5.79. The Morgan fingerprint density at radius 1 is 1.10 bits per heavy atom. The maximum absolute atomic E-state index is 13.1. The summed E-state index contributed by atoms with van der Waals surface area (Å²) < 4.78 is 11.2. The number of halogens is 1. The maximum atomic E-state index is 13.1. The zero-order chi connectivity index (χ0) is 21.8. The van der Waals surface area contributed by atoms with E-state index in [0.717, 1.165) is 36.0 Å². The Balaban J connectivity index is 1.36. The molecule has 7 heteroatoms. The van der Waals surface area contributed by atoms with Crippen LogP contribution < -0.4 is 4.74 Å². The van der Waals surface area contributed by atoms with Gasteiger partial charge in [-0.15, -0.1) is 0 Å². The van der Waals surface area contributed by atoms with Crippen molar-refractivity contribution in [3.05, 3.63) is 81.7 Å². The van der Waals surface area contributed by atoms with E-state index in [1.807, 2.05) is 67.3 Å². The second-order valence-corrected chi connectivity index (χ2v) is 8.30. The zero-order valence-corrected chi connectivity index (χ0v) is 18.6. The van der Waals surface area contributed by atoms with Crippen molar-refractivity contribution in [3.63, 3.8) is 0 Å². The third kappa shape index (κ3) is 5.27. The molecule has 1 aliphatic rings. The number of benzene rings is 2. The summed E-state index contributed by atoms with van der Waals surface area (Å²) in [5, 5.41) is 4.78. The van der Waals surface area contributed by atoms with Crippen molar-refractivity contribution < 1.29 is 14.1 Å². The summed E-state index contributed by atoms with van der Waals surface area (Å²) >= 11 is 5.96. The van der Waals surface area contributed by atoms with Gasteiger partial charge in [0.1, 0.15) is 18.1 Å². The molecule has 0 bridgehead atoms. The van der Waals surface area contributed by atoms with Gasteiger partial charge in [-0.3, -0.25) is 9.69 Å². The van der Waals surface area contributed by atoms with Gasteiger partial charge in [-0.05, 0) is 49.2 Å². The molecular weight excluding hydrogens is 414 g/mol. The van der Waals surface area contributed by atoms with Crippen molar-refractivity contribution in [2.24, 2.45) is 0 Å². The number of ether oxygens (including phenoxy) is 1. The highest BCUT2D eigenvalue weighted by Gasteiger charge is 2.28. The second kappa shape index (κ2) is 9.54. The monoisotopic (exact) mass is 439 g/mol. The number of rotatable bonds is 6. The van der Waals surface area contributed by atoms with Crippen LogP contribution in [0.15, 0.2) is 53.1 Å². The molecule has 1 amide bonds. The lowest BCUT2D eigenvalue weighted by Gasteiger charge is -2.34. The number of carbonyl (C=O) groups is 1. The predicted molar refractivity (Wildman–Crippen MR) is 119 cm³/mol. The molecule has 1 aromatic heterocycles. The largest absolute Gasteiger partial charge is 0.489 e. The molecule has 162 valence electrons. The number of nitrogens with zero attached hydrogens (tertiary/aromatic N) is 3. The van der Waals surface area contributed by atoms with Gasteiger partial charge < -0.3 is 14.2 Å². The van der Waals surface area contributed by atoms with Crippen molar-refractivity contribution in [2.45, 2.75) is 27.0 Å². The Morgan fingerprint density at radius 2 is 1.84 bits per heavy atom. The lowest BCUT2D eigenvalue weighted by Crippen LogP contribution is -2.48. The van der Waals surface area contributed by atoms with E-state index in [0.29, 0.717) is 30.1 Å². The van der Waals surface area contributed by atoms with Gasteiger partial charge in [0.05, 0.1) is 5.56 Å². The molecule has 0 aliphatic carbocycles. The van der Waals surface area contributed by atoms with Gasteiger partial charge in [-0.1, -0.05) is 41.0 Å². The van der Waals surface area contributed by atoms with Gasteiger partial charge in [-0.2, -0.15) is 0 Å². The molecule has 0 radical (unpaired) electrons. The second-order valence-electron chi connectivity index (χ2n) is 7.87. The molecule has 3 aromatic rings. The zero-order valence-electron chi connectivity index (χ0n) is 17.8. The third-order valence-electron chi connectivity index (χ3n) is 5.54. The molecule has 0 N–H and O–H groups in total. The summed E-state index contributed by atoms with van der Waals surface area (Å²) in [6.07, 6.45) is 0. The van der Waals surface area contributed by atoms with Crippen LogP contribution in [0.3, 0.4) is 0 Å². The molecule has 2 heterocycles. The first-order valence-corrected chi connectivity index (χ1v) is 10.8. The van der Waals surface area contributed by atoms with E-state index in [2.05, 4.69) is 10.1 Å². The normalized spacial score (nSPS) is 14.6. The average molecular weight is 440 g/mol. The molecule has 2 aromatic carbocycles. The standard InChI is InChI=1S/C24H26ClN3O3/c1-17-4-3-5-21(14-17)30-16-22-18(2)31-26-23(22)24(29)28-12-10-27(11-13-28)15-19-6-8-20(25)9-7-19/h3-9,14H,10-13,15-16H2,1-2H3. The Bertz CT molecular complexity index is 1040. The van der Waals surface area contributed by atoms with Crippen LogP contribution in [0.1, 0.15) is 32.9 Å². The van der Waals surface area contributed by atoms with E-state index < -0.39 is 0 Å². The van der Waals surface area contributed by atoms with E-state index in [1.165, 1.54) is 5.56 Å². The van der Waals surface area contributed by atoms with E-state index in [4.69, 9.17) is 20.9 Å². The van der Waals surface area contributed by atoms with Crippen LogP contribution in [-0.2, 0) is 13.2 Å². The maximum Gasteiger partial charge on any atom is 0.276 e. The lowest BCUT2D eigenvalue weighted by molar-refractivity contribution is 0.0616. The van der Waals surface area contributed by atoms with Gasteiger partial charge >= 0.3 is 0 Å². The summed E-state index contributed by atoms with van der Waals surface area (Å²) in [5.41, 5.74) is 3.38. The molecule has 1 aliphatic heterocycles. The first-order valence-electron chi connectivity index (χ1n) is 10.4. The summed E-state index contributed by atoms with van der Waals surface area (Å²) in [6.45, 7) is 7.82. The van der Waals surface area contributed by atoms with Gasteiger partial charge in [0.2, 0.25) is 0 Å². The molecule has 0 atom stereocenters. The van der Waals surface area contributed by atoms with Gasteiger partial charge in [-0.25, -0.2) is 0 Å². The minimum atomic E-state index is -0.106. The van der Waals surface area contributed by atoms with Gasteiger partial charge in [0.15, 0.2) is 5.69 Å². The van der Waals surface area contributed by atoms with Crippen LogP contribution in [0.2, 0.25) is 5.02 Å². The molecule has 31 heavy (non-hydrogen) atoms. The minimum absolute atomic E-state index is 0.106. The summed E-state index contributed by atoms with van der Waals surface area (Å²) in [6, 6.07) is 15.7. The smallest absolute Gasteiger partial charge is 0.276 e. The molecule has 0 spiro atoms. The fraction of sp³-hybridized carbons (Fsp3) is 0.333. The highest BCUT2D eigenvalue weighted by Crippen LogP contribution is 2.21. The molecular formula is C24H26ClN3O3. The van der Waals surface area contributed by atoms with Crippen molar-refractivity contribution in [1.29, 1.82) is 0 Å². The van der Waals surface area contributed by atoms with Crippen LogP contribution in [0.25, 0.3) is 0 Å².